The molecule has 1 aromatic heterocycles. The number of thiophene rings is 1. The summed E-state index contributed by atoms with van der Waals surface area (Å²) >= 11 is 7.97. The lowest BCUT2D eigenvalue weighted by Crippen LogP contribution is -2.10. The monoisotopic (exact) mass is 265 g/mol. The Bertz CT molecular complexity index is 505. The SMILES string of the molecule is CCNCc1ccc(-c2ccc(C)c(Cl)c2)s1. The van der Waals surface area contributed by atoms with Crippen molar-refractivity contribution in [3.05, 3.63) is 45.8 Å². The van der Waals surface area contributed by atoms with Crippen LogP contribution in [-0.2, 0) is 6.54 Å². The highest BCUT2D eigenvalue weighted by atomic mass is 35.5. The first-order chi connectivity index (χ1) is 8.20. The Hall–Kier alpha value is -0.830. The summed E-state index contributed by atoms with van der Waals surface area (Å²) in [6.07, 6.45) is 0. The number of hydrogen-bond acceptors (Lipinski definition) is 2. The Balaban J connectivity index is 2.21. The summed E-state index contributed by atoms with van der Waals surface area (Å²) in [7, 11) is 0. The van der Waals surface area contributed by atoms with E-state index in [4.69, 9.17) is 11.6 Å². The molecule has 0 bridgehead atoms. The maximum Gasteiger partial charge on any atom is 0.0441 e. The maximum absolute atomic E-state index is 6.15. The van der Waals surface area contributed by atoms with Crippen LogP contribution in [0.1, 0.15) is 17.4 Å². The second-order valence-electron chi connectivity index (χ2n) is 4.01. The first-order valence-electron chi connectivity index (χ1n) is 5.76. The third kappa shape index (κ3) is 3.09. The highest BCUT2D eigenvalue weighted by molar-refractivity contribution is 7.15. The number of halogens is 1. The van der Waals surface area contributed by atoms with Crippen LogP contribution in [0, 0.1) is 6.92 Å². The average Bonchev–Trinajstić information content (AvgIpc) is 2.79. The second-order valence-corrected chi connectivity index (χ2v) is 5.59. The second kappa shape index (κ2) is 5.67. The topological polar surface area (TPSA) is 12.0 Å². The van der Waals surface area contributed by atoms with E-state index in [0.717, 1.165) is 23.7 Å². The molecule has 1 aromatic carbocycles. The van der Waals surface area contributed by atoms with Gasteiger partial charge in [-0.15, -0.1) is 11.3 Å². The summed E-state index contributed by atoms with van der Waals surface area (Å²) < 4.78 is 0. The first-order valence-corrected chi connectivity index (χ1v) is 6.96. The standard InChI is InChI=1S/C14H16ClNS/c1-3-16-9-12-6-7-14(17-12)11-5-4-10(2)13(15)8-11/h4-8,16H,3,9H2,1-2H3. The zero-order valence-electron chi connectivity index (χ0n) is 10.1. The number of nitrogens with one attached hydrogen (secondary N) is 1. The van der Waals surface area contributed by atoms with Crippen LogP contribution in [0.25, 0.3) is 10.4 Å². The lowest BCUT2D eigenvalue weighted by molar-refractivity contribution is 0.735. The number of hydrogen-bond donors (Lipinski definition) is 1. The van der Waals surface area contributed by atoms with Crippen LogP contribution < -0.4 is 5.32 Å². The summed E-state index contributed by atoms with van der Waals surface area (Å²) in [6.45, 7) is 6.09. The van der Waals surface area contributed by atoms with Crippen molar-refractivity contribution in [3.8, 4) is 10.4 Å². The van der Waals surface area contributed by atoms with Crippen LogP contribution in [0.15, 0.2) is 30.3 Å². The quantitative estimate of drug-likeness (QED) is 0.859. The fourth-order valence-electron chi connectivity index (χ4n) is 1.62. The largest absolute Gasteiger partial charge is 0.312 e. The van der Waals surface area contributed by atoms with Gasteiger partial charge in [-0.2, -0.15) is 0 Å². The molecule has 2 rings (SSSR count). The van der Waals surface area contributed by atoms with Gasteiger partial charge in [0.25, 0.3) is 0 Å². The summed E-state index contributed by atoms with van der Waals surface area (Å²) in [6, 6.07) is 10.6. The molecular weight excluding hydrogens is 250 g/mol. The van der Waals surface area contributed by atoms with Crippen molar-refractivity contribution < 1.29 is 0 Å². The Labute approximate surface area is 111 Å². The van der Waals surface area contributed by atoms with Crippen molar-refractivity contribution in [1.29, 1.82) is 0 Å². The molecular formula is C14H16ClNS. The number of rotatable bonds is 4. The van der Waals surface area contributed by atoms with Gasteiger partial charge in [0.2, 0.25) is 0 Å². The molecule has 1 nitrogen and oxygen atoms in total. The third-order valence-corrected chi connectivity index (χ3v) is 4.21. The fraction of sp³-hybridized carbons (Fsp3) is 0.286. The van der Waals surface area contributed by atoms with Gasteiger partial charge in [0, 0.05) is 21.3 Å². The van der Waals surface area contributed by atoms with Crippen LogP contribution in [-0.4, -0.2) is 6.54 Å². The predicted octanol–water partition coefficient (Wildman–Crippen LogP) is 4.49. The van der Waals surface area contributed by atoms with E-state index in [1.807, 2.05) is 24.3 Å². The van der Waals surface area contributed by atoms with E-state index in [0.29, 0.717) is 0 Å². The highest BCUT2D eigenvalue weighted by Crippen LogP contribution is 2.30. The van der Waals surface area contributed by atoms with Gasteiger partial charge < -0.3 is 5.32 Å². The summed E-state index contributed by atoms with van der Waals surface area (Å²) in [4.78, 5) is 2.64. The van der Waals surface area contributed by atoms with Crippen molar-refractivity contribution in [3.63, 3.8) is 0 Å². The minimum absolute atomic E-state index is 0.837. The lowest BCUT2D eigenvalue weighted by atomic mass is 10.1. The van der Waals surface area contributed by atoms with Gasteiger partial charge in [0.05, 0.1) is 0 Å². The van der Waals surface area contributed by atoms with E-state index in [1.165, 1.54) is 15.3 Å². The van der Waals surface area contributed by atoms with Gasteiger partial charge in [-0.05, 0) is 42.8 Å². The summed E-state index contributed by atoms with van der Waals surface area (Å²) in [5.41, 5.74) is 2.33. The van der Waals surface area contributed by atoms with Crippen molar-refractivity contribution in [2.75, 3.05) is 6.54 Å². The molecule has 0 unspecified atom stereocenters. The predicted molar refractivity (Wildman–Crippen MR) is 76.9 cm³/mol. The van der Waals surface area contributed by atoms with Gasteiger partial charge >= 0.3 is 0 Å². The fourth-order valence-corrected chi connectivity index (χ4v) is 2.78. The van der Waals surface area contributed by atoms with Crippen LogP contribution >= 0.6 is 22.9 Å². The van der Waals surface area contributed by atoms with E-state index in [1.54, 1.807) is 0 Å². The minimum Gasteiger partial charge on any atom is -0.312 e. The van der Waals surface area contributed by atoms with Crippen LogP contribution in [0.2, 0.25) is 5.02 Å². The molecule has 0 atom stereocenters. The van der Waals surface area contributed by atoms with Crippen LogP contribution in [0.4, 0.5) is 0 Å². The molecule has 17 heavy (non-hydrogen) atoms. The molecule has 0 fully saturated rings. The Morgan fingerprint density at radius 2 is 2.06 bits per heavy atom. The zero-order chi connectivity index (χ0) is 12.3. The number of benzene rings is 1. The van der Waals surface area contributed by atoms with E-state index in [2.05, 4.69) is 36.5 Å². The smallest absolute Gasteiger partial charge is 0.0441 e. The molecule has 0 aliphatic carbocycles. The molecule has 1 N–H and O–H groups in total. The molecule has 0 amide bonds. The molecule has 0 spiro atoms. The Morgan fingerprint density at radius 3 is 2.76 bits per heavy atom. The Kier molecular flexibility index (Phi) is 4.21. The maximum atomic E-state index is 6.15. The van der Waals surface area contributed by atoms with Crippen molar-refractivity contribution in [2.45, 2.75) is 20.4 Å². The van der Waals surface area contributed by atoms with Gasteiger partial charge in [-0.3, -0.25) is 0 Å². The molecule has 3 heteroatoms. The van der Waals surface area contributed by atoms with Crippen LogP contribution in [0.5, 0.6) is 0 Å². The lowest BCUT2D eigenvalue weighted by Gasteiger charge is -2.01. The molecule has 0 radical (unpaired) electrons. The van der Waals surface area contributed by atoms with Crippen molar-refractivity contribution in [2.24, 2.45) is 0 Å². The number of aryl methyl sites for hydroxylation is 1. The van der Waals surface area contributed by atoms with E-state index < -0.39 is 0 Å². The molecule has 0 aliphatic rings. The highest BCUT2D eigenvalue weighted by Gasteiger charge is 2.04. The molecule has 2 aromatic rings. The van der Waals surface area contributed by atoms with E-state index in [-0.39, 0.29) is 0 Å². The normalized spacial score (nSPS) is 10.8. The minimum atomic E-state index is 0.837. The molecule has 0 aliphatic heterocycles. The third-order valence-electron chi connectivity index (χ3n) is 2.67. The van der Waals surface area contributed by atoms with Gasteiger partial charge in [-0.25, -0.2) is 0 Å². The molecule has 0 saturated heterocycles. The zero-order valence-corrected chi connectivity index (χ0v) is 11.7. The van der Waals surface area contributed by atoms with Crippen molar-refractivity contribution in [1.82, 2.24) is 5.32 Å². The van der Waals surface area contributed by atoms with E-state index >= 15 is 0 Å². The van der Waals surface area contributed by atoms with Gasteiger partial charge in [0.1, 0.15) is 0 Å². The van der Waals surface area contributed by atoms with Gasteiger partial charge in [-0.1, -0.05) is 30.7 Å². The summed E-state index contributed by atoms with van der Waals surface area (Å²) in [5.74, 6) is 0. The summed E-state index contributed by atoms with van der Waals surface area (Å²) in [5, 5.41) is 4.17. The molecule has 1 heterocycles. The molecule has 90 valence electrons. The Morgan fingerprint density at radius 1 is 1.24 bits per heavy atom. The van der Waals surface area contributed by atoms with E-state index in [9.17, 15) is 0 Å². The molecule has 0 saturated carbocycles. The van der Waals surface area contributed by atoms with Crippen LogP contribution in [0.3, 0.4) is 0 Å². The van der Waals surface area contributed by atoms with Crippen molar-refractivity contribution >= 4 is 22.9 Å². The first kappa shape index (κ1) is 12.6. The average molecular weight is 266 g/mol. The van der Waals surface area contributed by atoms with Gasteiger partial charge in [0.15, 0.2) is 0 Å².